The van der Waals surface area contributed by atoms with Gasteiger partial charge in [-0.05, 0) is 43.2 Å². The smallest absolute Gasteiger partial charge is 0.228 e. The number of piperazine rings is 1. The number of para-hydroxylation sites is 1. The molecule has 0 radical (unpaired) electrons. The van der Waals surface area contributed by atoms with E-state index in [9.17, 15) is 0 Å². The number of nitrogens with zero attached hydrogens (tertiary/aromatic N) is 5. The third kappa shape index (κ3) is 4.04. The number of aromatic nitrogens is 2. The van der Waals surface area contributed by atoms with Crippen molar-refractivity contribution in [1.29, 1.82) is 0 Å². The molecule has 0 N–H and O–H groups in total. The highest BCUT2D eigenvalue weighted by molar-refractivity contribution is 6.30. The molecule has 1 aromatic heterocycles. The van der Waals surface area contributed by atoms with Crippen LogP contribution in [0.3, 0.4) is 0 Å². The predicted molar refractivity (Wildman–Crippen MR) is 126 cm³/mol. The van der Waals surface area contributed by atoms with Gasteiger partial charge in [0, 0.05) is 55.4 Å². The van der Waals surface area contributed by atoms with Crippen molar-refractivity contribution in [3.05, 3.63) is 53.6 Å². The van der Waals surface area contributed by atoms with Crippen LogP contribution in [-0.2, 0) is 0 Å². The number of anilines is 3. The summed E-state index contributed by atoms with van der Waals surface area (Å²) in [6, 6.07) is 16.6. The van der Waals surface area contributed by atoms with E-state index in [1.165, 1.54) is 36.8 Å². The van der Waals surface area contributed by atoms with Gasteiger partial charge in [-0.2, -0.15) is 4.98 Å². The van der Waals surface area contributed by atoms with Crippen molar-refractivity contribution in [1.82, 2.24) is 9.97 Å². The van der Waals surface area contributed by atoms with E-state index < -0.39 is 0 Å². The standard InChI is InChI=1S/C24H28ClN5/c25-19-8-7-9-20(18-19)28-14-16-30(17-15-28)24-26-22-11-4-3-10-21(22)23(27-24)29-12-5-1-2-6-13-29/h3-4,7-11,18H,1-2,5-6,12-17H2. The van der Waals surface area contributed by atoms with Crippen molar-refractivity contribution in [2.24, 2.45) is 0 Å². The molecule has 2 fully saturated rings. The number of hydrogen-bond donors (Lipinski definition) is 0. The second-order valence-electron chi connectivity index (χ2n) is 8.22. The minimum atomic E-state index is 0.787. The van der Waals surface area contributed by atoms with E-state index in [1.807, 2.05) is 18.2 Å². The zero-order chi connectivity index (χ0) is 20.3. The van der Waals surface area contributed by atoms with Crippen molar-refractivity contribution in [2.75, 3.05) is 54.0 Å². The molecule has 0 amide bonds. The Kier molecular flexibility index (Phi) is 5.63. The highest BCUT2D eigenvalue weighted by Gasteiger charge is 2.22. The van der Waals surface area contributed by atoms with E-state index in [-0.39, 0.29) is 0 Å². The molecule has 6 heteroatoms. The maximum atomic E-state index is 6.19. The second kappa shape index (κ2) is 8.68. The summed E-state index contributed by atoms with van der Waals surface area (Å²) in [7, 11) is 0. The fourth-order valence-corrected chi connectivity index (χ4v) is 4.73. The SMILES string of the molecule is Clc1cccc(N2CCN(c3nc(N4CCCCCC4)c4ccccc4n3)CC2)c1. The van der Waals surface area contributed by atoms with Crippen LogP contribution in [0.25, 0.3) is 10.9 Å². The van der Waals surface area contributed by atoms with Crippen LogP contribution < -0.4 is 14.7 Å². The first-order valence-corrected chi connectivity index (χ1v) is 11.4. The molecule has 3 heterocycles. The summed E-state index contributed by atoms with van der Waals surface area (Å²) >= 11 is 6.19. The molecule has 0 saturated carbocycles. The van der Waals surface area contributed by atoms with E-state index in [4.69, 9.17) is 21.6 Å². The Morgan fingerprint density at radius 2 is 1.40 bits per heavy atom. The fourth-order valence-electron chi connectivity index (χ4n) is 4.55. The van der Waals surface area contributed by atoms with Crippen LogP contribution in [0.4, 0.5) is 17.5 Å². The third-order valence-electron chi connectivity index (χ3n) is 6.21. The van der Waals surface area contributed by atoms with E-state index in [0.717, 1.165) is 61.6 Å². The molecule has 0 bridgehead atoms. The molecule has 5 rings (SSSR count). The highest BCUT2D eigenvalue weighted by atomic mass is 35.5. The van der Waals surface area contributed by atoms with E-state index in [0.29, 0.717) is 0 Å². The van der Waals surface area contributed by atoms with Crippen molar-refractivity contribution in [2.45, 2.75) is 25.7 Å². The van der Waals surface area contributed by atoms with Gasteiger partial charge in [-0.1, -0.05) is 42.6 Å². The van der Waals surface area contributed by atoms with Crippen LogP contribution in [0.1, 0.15) is 25.7 Å². The van der Waals surface area contributed by atoms with E-state index >= 15 is 0 Å². The van der Waals surface area contributed by atoms with Gasteiger partial charge in [-0.25, -0.2) is 4.98 Å². The summed E-state index contributed by atoms with van der Waals surface area (Å²) in [5, 5.41) is 1.95. The lowest BCUT2D eigenvalue weighted by Gasteiger charge is -2.36. The van der Waals surface area contributed by atoms with Gasteiger partial charge in [-0.3, -0.25) is 0 Å². The summed E-state index contributed by atoms with van der Waals surface area (Å²) < 4.78 is 0. The lowest BCUT2D eigenvalue weighted by Crippen LogP contribution is -2.47. The second-order valence-corrected chi connectivity index (χ2v) is 8.66. The van der Waals surface area contributed by atoms with Crippen LogP contribution in [0.2, 0.25) is 5.02 Å². The summed E-state index contributed by atoms with van der Waals surface area (Å²) in [4.78, 5) is 17.2. The number of benzene rings is 2. The van der Waals surface area contributed by atoms with Crippen molar-refractivity contribution in [3.8, 4) is 0 Å². The molecule has 3 aromatic rings. The first-order valence-electron chi connectivity index (χ1n) is 11.1. The first-order chi connectivity index (χ1) is 14.8. The van der Waals surface area contributed by atoms with E-state index in [1.54, 1.807) is 0 Å². The Hall–Kier alpha value is -2.53. The van der Waals surface area contributed by atoms with Crippen molar-refractivity contribution in [3.63, 3.8) is 0 Å². The Bertz CT molecular complexity index is 1010. The van der Waals surface area contributed by atoms with Gasteiger partial charge >= 0.3 is 0 Å². The van der Waals surface area contributed by atoms with Gasteiger partial charge in [0.05, 0.1) is 5.52 Å². The number of rotatable bonds is 3. The molecule has 2 saturated heterocycles. The lowest BCUT2D eigenvalue weighted by atomic mass is 10.2. The van der Waals surface area contributed by atoms with E-state index in [2.05, 4.69) is 45.0 Å². The van der Waals surface area contributed by atoms with Crippen LogP contribution >= 0.6 is 11.6 Å². The van der Waals surface area contributed by atoms with Crippen LogP contribution in [0.15, 0.2) is 48.5 Å². The fraction of sp³-hybridized carbons (Fsp3) is 0.417. The zero-order valence-electron chi connectivity index (χ0n) is 17.3. The molecule has 30 heavy (non-hydrogen) atoms. The van der Waals surface area contributed by atoms with Gasteiger partial charge in [0.1, 0.15) is 5.82 Å². The van der Waals surface area contributed by atoms with Crippen LogP contribution in [0, 0.1) is 0 Å². The number of hydrogen-bond acceptors (Lipinski definition) is 5. The molecule has 5 nitrogen and oxygen atoms in total. The average Bonchev–Trinajstić information content (AvgIpc) is 3.08. The predicted octanol–water partition coefficient (Wildman–Crippen LogP) is 4.99. The molecule has 2 aliphatic heterocycles. The largest absolute Gasteiger partial charge is 0.368 e. The molecule has 0 atom stereocenters. The Labute approximate surface area is 183 Å². The third-order valence-corrected chi connectivity index (χ3v) is 6.45. The first kappa shape index (κ1) is 19.4. The van der Waals surface area contributed by atoms with Gasteiger partial charge in [-0.15, -0.1) is 0 Å². The van der Waals surface area contributed by atoms with Gasteiger partial charge < -0.3 is 14.7 Å². The normalized spacial score (nSPS) is 18.0. The zero-order valence-corrected chi connectivity index (χ0v) is 18.1. The molecule has 0 spiro atoms. The van der Waals surface area contributed by atoms with Gasteiger partial charge in [0.25, 0.3) is 0 Å². The maximum Gasteiger partial charge on any atom is 0.228 e. The molecular formula is C24H28ClN5. The molecular weight excluding hydrogens is 394 g/mol. The monoisotopic (exact) mass is 421 g/mol. The molecule has 2 aliphatic rings. The number of fused-ring (bicyclic) bond motifs is 1. The maximum absolute atomic E-state index is 6.19. The summed E-state index contributed by atoms with van der Waals surface area (Å²) in [6.45, 7) is 5.87. The Balaban J connectivity index is 1.41. The number of halogens is 1. The van der Waals surface area contributed by atoms with Crippen LogP contribution in [-0.4, -0.2) is 49.2 Å². The lowest BCUT2D eigenvalue weighted by molar-refractivity contribution is 0.640. The minimum absolute atomic E-state index is 0.787. The minimum Gasteiger partial charge on any atom is -0.368 e. The average molecular weight is 422 g/mol. The van der Waals surface area contributed by atoms with Crippen LogP contribution in [0.5, 0.6) is 0 Å². The Morgan fingerprint density at radius 3 is 2.17 bits per heavy atom. The summed E-state index contributed by atoms with van der Waals surface area (Å²) in [5.74, 6) is 1.97. The molecule has 2 aromatic carbocycles. The molecule has 0 aliphatic carbocycles. The molecule has 0 unspecified atom stereocenters. The topological polar surface area (TPSA) is 35.5 Å². The van der Waals surface area contributed by atoms with Crippen molar-refractivity contribution >= 4 is 40.0 Å². The summed E-state index contributed by atoms with van der Waals surface area (Å²) in [5.41, 5.74) is 2.23. The van der Waals surface area contributed by atoms with Gasteiger partial charge in [0.15, 0.2) is 0 Å². The van der Waals surface area contributed by atoms with Gasteiger partial charge in [0.2, 0.25) is 5.95 Å². The molecule has 156 valence electrons. The summed E-state index contributed by atoms with van der Waals surface area (Å²) in [6.07, 6.45) is 5.12. The Morgan fingerprint density at radius 1 is 0.667 bits per heavy atom. The van der Waals surface area contributed by atoms with Crippen molar-refractivity contribution < 1.29 is 0 Å². The highest BCUT2D eigenvalue weighted by Crippen LogP contribution is 2.29. The quantitative estimate of drug-likeness (QED) is 0.595.